The molecule has 0 atom stereocenters. The third kappa shape index (κ3) is 4.78. The topological polar surface area (TPSA) is 0 Å². The third-order valence-electron chi connectivity index (χ3n) is 9.57. The quantitative estimate of drug-likeness (QED) is 0.136. The second kappa shape index (κ2) is 11.1. The van der Waals surface area contributed by atoms with Crippen molar-refractivity contribution in [1.82, 2.24) is 0 Å². The van der Waals surface area contributed by atoms with E-state index in [2.05, 4.69) is 185 Å². The van der Waals surface area contributed by atoms with Crippen LogP contribution in [-0.4, -0.2) is 8.07 Å². The molecule has 0 unspecified atom stereocenters. The number of rotatable bonds is 6. The highest BCUT2D eigenvalue weighted by Crippen LogP contribution is 2.49. The number of benzene rings is 6. The highest BCUT2D eigenvalue weighted by Gasteiger charge is 2.38. The van der Waals surface area contributed by atoms with E-state index in [9.17, 15) is 0 Å². The normalized spacial score (nSPS) is 13.5. The molecule has 1 heteroatoms. The zero-order valence-corrected chi connectivity index (χ0v) is 27.0. The Kier molecular flexibility index (Phi) is 7.07. The van der Waals surface area contributed by atoms with Crippen LogP contribution < -0.4 is 15.6 Å². The monoisotopic (exact) mass is 582 g/mol. The lowest BCUT2D eigenvalue weighted by Crippen LogP contribution is -2.66. The van der Waals surface area contributed by atoms with Gasteiger partial charge in [-0.15, -0.1) is 0 Å². The zero-order chi connectivity index (χ0) is 30.3. The van der Waals surface area contributed by atoms with Crippen molar-refractivity contribution >= 4 is 29.7 Å². The fourth-order valence-electron chi connectivity index (χ4n) is 7.05. The van der Waals surface area contributed by atoms with Crippen molar-refractivity contribution in [2.45, 2.75) is 33.1 Å². The lowest BCUT2D eigenvalue weighted by atomic mass is 9.81. The van der Waals surface area contributed by atoms with Crippen molar-refractivity contribution in [3.63, 3.8) is 0 Å². The maximum absolute atomic E-state index is 2.52. The summed E-state index contributed by atoms with van der Waals surface area (Å²) in [7, 11) is -2.51. The summed E-state index contributed by atoms with van der Waals surface area (Å²) in [6.45, 7) is 9.06. The Balaban J connectivity index is 1.34. The van der Waals surface area contributed by atoms with Crippen LogP contribution in [0.5, 0.6) is 0 Å². The molecule has 0 saturated carbocycles. The highest BCUT2D eigenvalue weighted by atomic mass is 28.3. The first-order valence-corrected chi connectivity index (χ1v) is 17.7. The maximum atomic E-state index is 2.52. The van der Waals surface area contributed by atoms with E-state index in [1.54, 1.807) is 0 Å². The van der Waals surface area contributed by atoms with Crippen molar-refractivity contribution in [2.75, 3.05) is 0 Å². The van der Waals surface area contributed by atoms with E-state index >= 15 is 0 Å². The van der Waals surface area contributed by atoms with Gasteiger partial charge in [0.25, 0.3) is 0 Å². The third-order valence-corrected chi connectivity index (χ3v) is 14.0. The van der Waals surface area contributed by atoms with E-state index in [4.69, 9.17) is 0 Å². The summed E-state index contributed by atoms with van der Waals surface area (Å²) >= 11 is 0. The van der Waals surface area contributed by atoms with Crippen LogP contribution in [0.25, 0.3) is 28.3 Å². The summed E-state index contributed by atoms with van der Waals surface area (Å²) in [5.41, 5.74) is 14.5. The van der Waals surface area contributed by atoms with Crippen LogP contribution in [0.15, 0.2) is 151 Å². The van der Waals surface area contributed by atoms with E-state index in [1.165, 1.54) is 65.6 Å². The standard InChI is InChI=1S/C43H38Si/c1-31-15-18-33(19-16-31)27-28-44(36-11-7-5-8-12-36,37-13-9-6-10-14-37)38-23-20-34(21-24-38)35-22-26-40-39-25-17-32(2)29-41(39)43(3,4)42(40)30-35/h5-30H,1-4H3. The van der Waals surface area contributed by atoms with E-state index in [-0.39, 0.29) is 5.41 Å². The molecule has 0 aliphatic heterocycles. The smallest absolute Gasteiger partial charge is 0.0812 e. The molecule has 6 aromatic rings. The largest absolute Gasteiger partial charge is 0.172 e. The van der Waals surface area contributed by atoms with Gasteiger partial charge in [-0.2, -0.15) is 0 Å². The average molecular weight is 583 g/mol. The van der Waals surface area contributed by atoms with Gasteiger partial charge in [0, 0.05) is 5.41 Å². The van der Waals surface area contributed by atoms with Gasteiger partial charge in [-0.3, -0.25) is 0 Å². The molecule has 7 rings (SSSR count). The van der Waals surface area contributed by atoms with Crippen LogP contribution in [0.1, 0.15) is 41.7 Å². The second-order valence-electron chi connectivity index (χ2n) is 12.8. The first-order valence-electron chi connectivity index (χ1n) is 15.6. The van der Waals surface area contributed by atoms with Crippen LogP contribution in [0.3, 0.4) is 0 Å². The Morgan fingerprint density at radius 3 is 1.59 bits per heavy atom. The Morgan fingerprint density at radius 1 is 0.477 bits per heavy atom. The van der Waals surface area contributed by atoms with E-state index in [0.29, 0.717) is 0 Å². The van der Waals surface area contributed by atoms with Gasteiger partial charge in [0.15, 0.2) is 8.07 Å². The van der Waals surface area contributed by atoms with Crippen molar-refractivity contribution in [2.24, 2.45) is 0 Å². The molecule has 44 heavy (non-hydrogen) atoms. The molecular weight excluding hydrogens is 545 g/mol. The van der Waals surface area contributed by atoms with Crippen molar-refractivity contribution in [3.05, 3.63) is 179 Å². The Labute approximate surface area is 263 Å². The molecule has 214 valence electrons. The van der Waals surface area contributed by atoms with Gasteiger partial charge in [-0.25, -0.2) is 0 Å². The summed E-state index contributed by atoms with van der Waals surface area (Å²) in [5, 5.41) is 4.15. The van der Waals surface area contributed by atoms with E-state index < -0.39 is 8.07 Å². The summed E-state index contributed by atoms with van der Waals surface area (Å²) in [5.74, 6) is 0. The van der Waals surface area contributed by atoms with Crippen molar-refractivity contribution < 1.29 is 0 Å². The van der Waals surface area contributed by atoms with Crippen LogP contribution in [0, 0.1) is 13.8 Å². The van der Waals surface area contributed by atoms with Gasteiger partial charge in [0.2, 0.25) is 0 Å². The molecule has 0 spiro atoms. The molecule has 1 aliphatic rings. The van der Waals surface area contributed by atoms with Crippen LogP contribution in [0.4, 0.5) is 0 Å². The molecule has 0 fully saturated rings. The van der Waals surface area contributed by atoms with Gasteiger partial charge in [-0.1, -0.05) is 176 Å². The number of hydrogen-bond donors (Lipinski definition) is 0. The maximum Gasteiger partial charge on any atom is 0.172 e. The first kappa shape index (κ1) is 28.1. The minimum absolute atomic E-state index is 0.0178. The molecule has 0 nitrogen and oxygen atoms in total. The fraction of sp³-hybridized carbons (Fsp3) is 0.116. The van der Waals surface area contributed by atoms with Crippen molar-refractivity contribution in [3.8, 4) is 22.3 Å². The van der Waals surface area contributed by atoms with Crippen LogP contribution >= 0.6 is 0 Å². The summed E-state index contributed by atoms with van der Waals surface area (Å²) < 4.78 is 0. The molecule has 0 saturated heterocycles. The first-order chi connectivity index (χ1) is 21.4. The minimum atomic E-state index is -2.51. The number of aryl methyl sites for hydroxylation is 2. The predicted octanol–water partition coefficient (Wildman–Crippen LogP) is 9.00. The molecule has 0 bridgehead atoms. The van der Waals surface area contributed by atoms with Crippen molar-refractivity contribution in [1.29, 1.82) is 0 Å². The van der Waals surface area contributed by atoms with Gasteiger partial charge in [0.1, 0.15) is 0 Å². The zero-order valence-electron chi connectivity index (χ0n) is 26.0. The van der Waals surface area contributed by atoms with Crippen LogP contribution in [0.2, 0.25) is 0 Å². The Bertz CT molecular complexity index is 1920. The lowest BCUT2D eigenvalue weighted by Gasteiger charge is -2.31. The van der Waals surface area contributed by atoms with E-state index in [1.807, 2.05) is 0 Å². The van der Waals surface area contributed by atoms with Crippen LogP contribution in [-0.2, 0) is 5.41 Å². The average Bonchev–Trinajstić information content (AvgIpc) is 3.28. The Morgan fingerprint density at radius 2 is 0.977 bits per heavy atom. The van der Waals surface area contributed by atoms with Gasteiger partial charge >= 0.3 is 0 Å². The molecule has 6 aromatic carbocycles. The predicted molar refractivity (Wildman–Crippen MR) is 192 cm³/mol. The van der Waals surface area contributed by atoms with Gasteiger partial charge in [-0.05, 0) is 74.4 Å². The number of fused-ring (bicyclic) bond motifs is 3. The second-order valence-corrected chi connectivity index (χ2v) is 16.5. The molecular formula is C43H38Si. The molecule has 0 N–H and O–H groups in total. The molecule has 0 heterocycles. The van der Waals surface area contributed by atoms with E-state index in [0.717, 1.165) is 0 Å². The van der Waals surface area contributed by atoms with Gasteiger partial charge < -0.3 is 0 Å². The molecule has 1 aliphatic carbocycles. The SMILES string of the molecule is Cc1ccc(C=C[Si](c2ccccc2)(c2ccccc2)c2ccc(-c3ccc4c(c3)C(C)(C)c3cc(C)ccc3-4)cc2)cc1. The molecule has 0 amide bonds. The lowest BCUT2D eigenvalue weighted by molar-refractivity contribution is 0.660. The summed E-state index contributed by atoms with van der Waals surface area (Å²) in [6, 6.07) is 54.5. The Hall–Kier alpha value is -4.72. The molecule has 0 radical (unpaired) electrons. The highest BCUT2D eigenvalue weighted by molar-refractivity contribution is 7.15. The summed E-state index contributed by atoms with van der Waals surface area (Å²) in [6.07, 6.45) is 2.33. The number of hydrogen-bond acceptors (Lipinski definition) is 0. The summed E-state index contributed by atoms with van der Waals surface area (Å²) in [4.78, 5) is 0. The van der Waals surface area contributed by atoms with Gasteiger partial charge in [0.05, 0.1) is 0 Å². The minimum Gasteiger partial charge on any atom is -0.0812 e. The molecule has 0 aromatic heterocycles. The fourth-order valence-corrected chi connectivity index (χ4v) is 11.2.